The van der Waals surface area contributed by atoms with Gasteiger partial charge in [0.1, 0.15) is 0 Å². The van der Waals surface area contributed by atoms with Crippen LogP contribution in [0.2, 0.25) is 10.0 Å². The Kier molecular flexibility index (Phi) is 9.97. The van der Waals surface area contributed by atoms with E-state index in [9.17, 15) is 9.59 Å². The van der Waals surface area contributed by atoms with E-state index in [-0.39, 0.29) is 21.2 Å². The topological polar surface area (TPSA) is 84.4 Å². The van der Waals surface area contributed by atoms with Crippen molar-refractivity contribution in [2.45, 2.75) is 39.0 Å². The van der Waals surface area contributed by atoms with Gasteiger partial charge in [0.2, 0.25) is 0 Å². The highest BCUT2D eigenvalue weighted by molar-refractivity contribution is 6.44. The number of carbonyl (C=O) groups excluding carboxylic acids is 2. The van der Waals surface area contributed by atoms with E-state index >= 15 is 0 Å². The van der Waals surface area contributed by atoms with Crippen LogP contribution in [0.4, 0.5) is 5.69 Å². The number of halogens is 2. The fourth-order valence-electron chi connectivity index (χ4n) is 4.90. The number of ether oxygens (including phenoxy) is 1. The van der Waals surface area contributed by atoms with E-state index in [4.69, 9.17) is 27.9 Å². The van der Waals surface area contributed by atoms with Crippen molar-refractivity contribution >= 4 is 40.7 Å². The Morgan fingerprint density at radius 2 is 1.40 bits per heavy atom. The molecule has 0 atom stereocenters. The van der Waals surface area contributed by atoms with Gasteiger partial charge in [-0.3, -0.25) is 24.9 Å². The summed E-state index contributed by atoms with van der Waals surface area (Å²) in [5.41, 5.74) is 6.43. The minimum absolute atomic E-state index is 0.248. The monoisotopic (exact) mass is 602 g/mol. The van der Waals surface area contributed by atoms with Crippen molar-refractivity contribution in [2.75, 3.05) is 24.8 Å². The molecule has 1 N–H and O–H groups in total. The molecule has 0 saturated heterocycles. The van der Waals surface area contributed by atoms with E-state index in [0.29, 0.717) is 19.0 Å². The van der Waals surface area contributed by atoms with Crippen molar-refractivity contribution in [3.63, 3.8) is 0 Å². The van der Waals surface area contributed by atoms with E-state index in [0.717, 1.165) is 60.5 Å². The van der Waals surface area contributed by atoms with Crippen LogP contribution in [-0.2, 0) is 17.6 Å². The van der Waals surface area contributed by atoms with Gasteiger partial charge in [0.25, 0.3) is 11.8 Å². The van der Waals surface area contributed by atoms with Gasteiger partial charge in [0.15, 0.2) is 0 Å². The first-order valence-electron chi connectivity index (χ1n) is 14.0. The average molecular weight is 604 g/mol. The van der Waals surface area contributed by atoms with Crippen molar-refractivity contribution in [1.82, 2.24) is 15.3 Å². The molecule has 42 heavy (non-hydrogen) atoms. The summed E-state index contributed by atoms with van der Waals surface area (Å²) in [6, 6.07) is 18.6. The molecule has 1 aliphatic heterocycles. The Hall–Kier alpha value is -3.62. The van der Waals surface area contributed by atoms with Crippen LogP contribution in [0.15, 0.2) is 73.1 Å². The molecule has 0 spiro atoms. The number of hydrogen-bond donors (Lipinski definition) is 1. The third-order valence-electron chi connectivity index (χ3n) is 7.15. The Morgan fingerprint density at radius 1 is 0.762 bits per heavy atom. The fourth-order valence-corrected chi connectivity index (χ4v) is 5.23. The van der Waals surface area contributed by atoms with Crippen molar-refractivity contribution < 1.29 is 14.3 Å². The Bertz CT molecular complexity index is 1540. The largest absolute Gasteiger partial charge is 0.366 e. The number of carbonyl (C=O) groups is 2. The summed E-state index contributed by atoms with van der Waals surface area (Å²) in [6.07, 6.45) is 8.51. The van der Waals surface area contributed by atoms with Gasteiger partial charge in [0, 0.05) is 19.0 Å². The van der Waals surface area contributed by atoms with E-state index in [1.54, 1.807) is 12.1 Å². The zero-order valence-electron chi connectivity index (χ0n) is 23.4. The molecular formula is C33H32Cl2N4O3. The van der Waals surface area contributed by atoms with Gasteiger partial charge in [0.05, 0.1) is 45.0 Å². The Balaban J connectivity index is 0.960. The first-order chi connectivity index (χ1) is 20.4. The summed E-state index contributed by atoms with van der Waals surface area (Å²) < 4.78 is 5.74. The van der Waals surface area contributed by atoms with Crippen molar-refractivity contribution in [3.8, 4) is 11.4 Å². The lowest BCUT2D eigenvalue weighted by molar-refractivity contribution is 0.0926. The molecule has 1 aliphatic rings. The number of benzene rings is 2. The number of nitrogens with one attached hydrogen (secondary N) is 1. The number of anilines is 1. The highest BCUT2D eigenvalue weighted by atomic mass is 35.5. The van der Waals surface area contributed by atoms with Crippen LogP contribution in [0, 0.1) is 6.92 Å². The number of nitrogens with zero attached hydrogens (tertiary/aromatic N) is 3. The number of fused-ring (bicyclic) bond motifs is 1. The van der Waals surface area contributed by atoms with Crippen LogP contribution in [0.5, 0.6) is 0 Å². The summed E-state index contributed by atoms with van der Waals surface area (Å²) in [4.78, 5) is 35.7. The lowest BCUT2D eigenvalue weighted by atomic mass is 10.1. The van der Waals surface area contributed by atoms with Gasteiger partial charge in [-0.2, -0.15) is 0 Å². The number of amides is 2. The molecule has 7 nitrogen and oxygen atoms in total. The van der Waals surface area contributed by atoms with Gasteiger partial charge in [-0.15, -0.1) is 0 Å². The smallest absolute Gasteiger partial charge is 0.266 e. The lowest BCUT2D eigenvalue weighted by Gasteiger charge is -2.14. The van der Waals surface area contributed by atoms with Crippen LogP contribution >= 0.6 is 23.2 Å². The average Bonchev–Trinajstić information content (AvgIpc) is 3.23. The van der Waals surface area contributed by atoms with Crippen LogP contribution in [-0.4, -0.2) is 41.7 Å². The molecule has 2 aromatic heterocycles. The van der Waals surface area contributed by atoms with Gasteiger partial charge in [-0.05, 0) is 111 Å². The molecule has 9 heteroatoms. The molecular weight excluding hydrogens is 571 g/mol. The maximum absolute atomic E-state index is 12.8. The number of imide groups is 1. The molecule has 2 amide bonds. The minimum Gasteiger partial charge on any atom is -0.366 e. The predicted molar refractivity (Wildman–Crippen MR) is 166 cm³/mol. The lowest BCUT2D eigenvalue weighted by Crippen LogP contribution is -2.29. The van der Waals surface area contributed by atoms with E-state index in [2.05, 4.69) is 40.4 Å². The second kappa shape index (κ2) is 14.0. The normalized spacial score (nSPS) is 12.7. The number of aryl methyl sites for hydroxylation is 3. The zero-order valence-corrected chi connectivity index (χ0v) is 24.9. The third-order valence-corrected chi connectivity index (χ3v) is 7.87. The van der Waals surface area contributed by atoms with E-state index < -0.39 is 11.8 Å². The number of unbranched alkanes of at least 4 members (excludes halogenated alkanes) is 1. The second-order valence-electron chi connectivity index (χ2n) is 10.3. The quantitative estimate of drug-likeness (QED) is 0.0999. The number of rotatable bonds is 13. The van der Waals surface area contributed by atoms with Gasteiger partial charge < -0.3 is 4.74 Å². The van der Waals surface area contributed by atoms with E-state index in [1.807, 2.05) is 30.6 Å². The summed E-state index contributed by atoms with van der Waals surface area (Å²) in [5.74, 6) is -0.797. The highest BCUT2D eigenvalue weighted by Crippen LogP contribution is 2.34. The summed E-state index contributed by atoms with van der Waals surface area (Å²) >= 11 is 12.1. The molecule has 2 aromatic carbocycles. The molecule has 0 saturated carbocycles. The molecule has 5 rings (SSSR count). The third kappa shape index (κ3) is 7.23. The summed E-state index contributed by atoms with van der Waals surface area (Å²) in [7, 11) is 0. The Labute approximate surface area is 255 Å². The molecule has 0 radical (unpaired) electrons. The van der Waals surface area contributed by atoms with Gasteiger partial charge >= 0.3 is 0 Å². The molecule has 0 bridgehead atoms. The molecule has 3 heterocycles. The second-order valence-corrected chi connectivity index (χ2v) is 11.1. The first kappa shape index (κ1) is 29.9. The van der Waals surface area contributed by atoms with Crippen LogP contribution in [0.25, 0.3) is 11.4 Å². The predicted octanol–water partition coefficient (Wildman–Crippen LogP) is 7.08. The number of pyridine rings is 2. The molecule has 0 fully saturated rings. The SMILES string of the molecule is Cc1ccnc(-c2cc(CCCCNCOCCCc3ccc(N4C(=O)c5cc(Cl)c(Cl)cc5C4=O)cc3)ccn2)c1. The minimum atomic E-state index is -0.399. The van der Waals surface area contributed by atoms with Crippen LogP contribution in [0.1, 0.15) is 56.7 Å². The van der Waals surface area contributed by atoms with Crippen LogP contribution in [0.3, 0.4) is 0 Å². The molecule has 4 aromatic rings. The zero-order chi connectivity index (χ0) is 29.5. The van der Waals surface area contributed by atoms with Crippen molar-refractivity contribution in [1.29, 1.82) is 0 Å². The Morgan fingerprint density at radius 3 is 2.10 bits per heavy atom. The van der Waals surface area contributed by atoms with Gasteiger partial charge in [-0.1, -0.05) is 35.3 Å². The van der Waals surface area contributed by atoms with Crippen LogP contribution < -0.4 is 10.2 Å². The maximum Gasteiger partial charge on any atom is 0.266 e. The van der Waals surface area contributed by atoms with Gasteiger partial charge in [-0.25, -0.2) is 4.90 Å². The van der Waals surface area contributed by atoms with Crippen molar-refractivity contribution in [3.05, 3.63) is 111 Å². The summed E-state index contributed by atoms with van der Waals surface area (Å²) in [6.45, 7) is 4.12. The summed E-state index contributed by atoms with van der Waals surface area (Å²) in [5, 5.41) is 3.84. The highest BCUT2D eigenvalue weighted by Gasteiger charge is 2.37. The standard InChI is InChI=1S/C33H32Cl2N4O3/c1-22-11-14-37-30(17-22)31-18-24(12-15-38-31)5-2-3-13-36-21-42-16-4-6-23-7-9-25(10-8-23)39-32(40)26-19-28(34)29(35)20-27(26)33(39)41/h7-12,14-15,17-20,36H,2-6,13,16,21H2,1H3. The van der Waals surface area contributed by atoms with E-state index in [1.165, 1.54) is 23.3 Å². The van der Waals surface area contributed by atoms with Crippen molar-refractivity contribution in [2.24, 2.45) is 0 Å². The first-order valence-corrected chi connectivity index (χ1v) is 14.8. The maximum atomic E-state index is 12.8. The number of aromatic nitrogens is 2. The molecule has 0 aliphatic carbocycles. The fraction of sp³-hybridized carbons (Fsp3) is 0.273. The number of hydrogen-bond acceptors (Lipinski definition) is 6. The molecule has 216 valence electrons. The molecule has 0 unspecified atom stereocenters.